The van der Waals surface area contributed by atoms with Crippen LogP contribution in [0.2, 0.25) is 0 Å². The van der Waals surface area contributed by atoms with Gasteiger partial charge in [0.05, 0.1) is 17.1 Å². The molecule has 0 atom stereocenters. The normalized spacial score (nSPS) is 14.2. The minimum absolute atomic E-state index is 0.144. The number of carbonyl (C=O) groups is 1. The van der Waals surface area contributed by atoms with Crippen LogP contribution in [0, 0.1) is 13.8 Å². The second-order valence-electron chi connectivity index (χ2n) is 5.95. The molecule has 134 valence electrons. The highest BCUT2D eigenvalue weighted by atomic mass is 32.2. The van der Waals surface area contributed by atoms with E-state index in [1.165, 1.54) is 0 Å². The highest BCUT2D eigenvalue weighted by Crippen LogP contribution is 2.37. The van der Waals surface area contributed by atoms with Gasteiger partial charge in [-0.3, -0.25) is 9.10 Å². The number of sulfonamides is 1. The van der Waals surface area contributed by atoms with Crippen molar-refractivity contribution in [2.45, 2.75) is 18.1 Å². The van der Waals surface area contributed by atoms with Gasteiger partial charge >= 0.3 is 0 Å². The Kier molecular flexibility index (Phi) is 3.85. The number of thiophene rings is 1. The molecule has 4 rings (SSSR count). The van der Waals surface area contributed by atoms with E-state index in [0.29, 0.717) is 22.7 Å². The average molecular weight is 389 g/mol. The van der Waals surface area contributed by atoms with Gasteiger partial charge in [0.2, 0.25) is 5.91 Å². The summed E-state index contributed by atoms with van der Waals surface area (Å²) in [5.41, 5.74) is 3.22. The van der Waals surface area contributed by atoms with E-state index in [4.69, 9.17) is 4.52 Å². The topological polar surface area (TPSA) is 92.5 Å². The number of hydrogen-bond donors (Lipinski definition) is 1. The molecule has 1 N–H and O–H groups in total. The molecule has 0 aliphatic carbocycles. The Bertz CT molecular complexity index is 1110. The lowest BCUT2D eigenvalue weighted by Crippen LogP contribution is -2.41. The Balaban J connectivity index is 1.77. The van der Waals surface area contributed by atoms with Gasteiger partial charge in [0.15, 0.2) is 5.76 Å². The highest BCUT2D eigenvalue weighted by molar-refractivity contribution is 7.94. The van der Waals surface area contributed by atoms with E-state index in [-0.39, 0.29) is 16.7 Å². The summed E-state index contributed by atoms with van der Waals surface area (Å²) in [5.74, 6) is 0.183. The smallest absolute Gasteiger partial charge is 0.274 e. The standard InChI is InChI=1S/C17H15N3O4S2/c1-10-11(2)19-24-17(10)12-7-16(25-9-12)26(22,23)20-8-15(21)18-13-5-3-4-6-14(13)20/h3-7,9H,8H2,1-2H3,(H,18,21). The summed E-state index contributed by atoms with van der Waals surface area (Å²) in [7, 11) is -3.87. The van der Waals surface area contributed by atoms with Crippen molar-refractivity contribution >= 4 is 38.6 Å². The summed E-state index contributed by atoms with van der Waals surface area (Å²) in [5, 5.41) is 8.32. The summed E-state index contributed by atoms with van der Waals surface area (Å²) in [6.07, 6.45) is 0. The average Bonchev–Trinajstić information content (AvgIpc) is 3.22. The third kappa shape index (κ3) is 2.60. The number of aromatic nitrogens is 1. The number of nitrogens with one attached hydrogen (secondary N) is 1. The lowest BCUT2D eigenvalue weighted by molar-refractivity contribution is -0.115. The fourth-order valence-corrected chi connectivity index (χ4v) is 5.49. The van der Waals surface area contributed by atoms with E-state index in [0.717, 1.165) is 26.9 Å². The largest absolute Gasteiger partial charge is 0.356 e. The number of benzene rings is 1. The molecule has 26 heavy (non-hydrogen) atoms. The van der Waals surface area contributed by atoms with Crippen LogP contribution in [-0.4, -0.2) is 26.0 Å². The maximum absolute atomic E-state index is 13.1. The maximum Gasteiger partial charge on any atom is 0.274 e. The molecule has 0 fully saturated rings. The van der Waals surface area contributed by atoms with Crippen molar-refractivity contribution in [1.29, 1.82) is 0 Å². The van der Waals surface area contributed by atoms with Gasteiger partial charge in [0, 0.05) is 16.5 Å². The molecule has 0 unspecified atom stereocenters. The summed E-state index contributed by atoms with van der Waals surface area (Å²) in [4.78, 5) is 12.0. The van der Waals surface area contributed by atoms with Crippen LogP contribution in [-0.2, 0) is 14.8 Å². The van der Waals surface area contributed by atoms with Crippen molar-refractivity contribution in [2.24, 2.45) is 0 Å². The number of hydrogen-bond acceptors (Lipinski definition) is 6. The van der Waals surface area contributed by atoms with E-state index in [1.54, 1.807) is 35.7 Å². The molecule has 2 aromatic heterocycles. The van der Waals surface area contributed by atoms with Crippen molar-refractivity contribution < 1.29 is 17.7 Å². The lowest BCUT2D eigenvalue weighted by Gasteiger charge is -2.29. The Labute approximate surface area is 154 Å². The van der Waals surface area contributed by atoms with E-state index < -0.39 is 10.0 Å². The van der Waals surface area contributed by atoms with E-state index in [2.05, 4.69) is 10.5 Å². The zero-order valence-corrected chi connectivity index (χ0v) is 15.6. The number of nitrogens with zero attached hydrogens (tertiary/aromatic N) is 2. The number of carbonyl (C=O) groups excluding carboxylic acids is 1. The van der Waals surface area contributed by atoms with Crippen LogP contribution >= 0.6 is 11.3 Å². The van der Waals surface area contributed by atoms with Gasteiger partial charge < -0.3 is 9.84 Å². The second kappa shape index (κ2) is 5.96. The van der Waals surface area contributed by atoms with Crippen molar-refractivity contribution in [1.82, 2.24) is 5.16 Å². The van der Waals surface area contributed by atoms with Crippen LogP contribution in [0.3, 0.4) is 0 Å². The molecular formula is C17H15N3O4S2. The molecule has 1 aliphatic heterocycles. The molecule has 3 heterocycles. The molecule has 1 aromatic carbocycles. The van der Waals surface area contributed by atoms with E-state index in [1.807, 2.05) is 13.8 Å². The van der Waals surface area contributed by atoms with Crippen molar-refractivity contribution in [3.63, 3.8) is 0 Å². The Morgan fingerprint density at radius 3 is 2.77 bits per heavy atom. The molecule has 1 amide bonds. The monoisotopic (exact) mass is 389 g/mol. The number of amides is 1. The van der Waals surface area contributed by atoms with Crippen LogP contribution in [0.15, 0.2) is 44.4 Å². The Morgan fingerprint density at radius 2 is 2.04 bits per heavy atom. The minimum Gasteiger partial charge on any atom is -0.356 e. The van der Waals surface area contributed by atoms with Gasteiger partial charge in [-0.25, -0.2) is 8.42 Å². The van der Waals surface area contributed by atoms with Crippen molar-refractivity contribution in [3.05, 3.63) is 47.0 Å². The SMILES string of the molecule is Cc1noc(-c2csc(S(=O)(=O)N3CC(=O)Nc4ccccc43)c2)c1C. The van der Waals surface area contributed by atoms with Gasteiger partial charge in [-0.15, -0.1) is 11.3 Å². The fraction of sp³-hybridized carbons (Fsp3) is 0.176. The number of rotatable bonds is 3. The van der Waals surface area contributed by atoms with Gasteiger partial charge in [-0.05, 0) is 32.0 Å². The number of fused-ring (bicyclic) bond motifs is 1. The molecule has 0 bridgehead atoms. The van der Waals surface area contributed by atoms with Crippen molar-refractivity contribution in [2.75, 3.05) is 16.2 Å². The minimum atomic E-state index is -3.87. The zero-order valence-electron chi connectivity index (χ0n) is 14.0. The molecule has 0 saturated carbocycles. The molecule has 3 aromatic rings. The molecular weight excluding hydrogens is 374 g/mol. The van der Waals surface area contributed by atoms with E-state index >= 15 is 0 Å². The number of para-hydroxylation sites is 2. The van der Waals surface area contributed by atoms with Crippen LogP contribution in [0.25, 0.3) is 11.3 Å². The molecule has 0 spiro atoms. The van der Waals surface area contributed by atoms with Gasteiger partial charge in [-0.2, -0.15) is 0 Å². The van der Waals surface area contributed by atoms with Gasteiger partial charge in [-0.1, -0.05) is 17.3 Å². The maximum atomic E-state index is 13.1. The lowest BCUT2D eigenvalue weighted by atomic mass is 10.1. The quantitative estimate of drug-likeness (QED) is 0.743. The molecule has 9 heteroatoms. The fourth-order valence-electron chi connectivity index (χ4n) is 2.78. The first kappa shape index (κ1) is 16.8. The predicted octanol–water partition coefficient (Wildman–Crippen LogP) is 3.17. The van der Waals surface area contributed by atoms with Crippen LogP contribution in [0.4, 0.5) is 11.4 Å². The third-order valence-electron chi connectivity index (χ3n) is 4.27. The summed E-state index contributed by atoms with van der Waals surface area (Å²) >= 11 is 1.09. The predicted molar refractivity (Wildman–Crippen MR) is 98.9 cm³/mol. The van der Waals surface area contributed by atoms with Gasteiger partial charge in [0.1, 0.15) is 10.8 Å². The van der Waals surface area contributed by atoms with Gasteiger partial charge in [0.25, 0.3) is 10.0 Å². The number of anilines is 2. The zero-order chi connectivity index (χ0) is 18.5. The second-order valence-corrected chi connectivity index (χ2v) is 8.95. The van der Waals surface area contributed by atoms with Crippen LogP contribution in [0.5, 0.6) is 0 Å². The summed E-state index contributed by atoms with van der Waals surface area (Å²) in [6, 6.07) is 8.38. The van der Waals surface area contributed by atoms with Crippen molar-refractivity contribution in [3.8, 4) is 11.3 Å². The number of aryl methyl sites for hydroxylation is 1. The molecule has 0 radical (unpaired) electrons. The van der Waals surface area contributed by atoms with Crippen LogP contribution in [0.1, 0.15) is 11.3 Å². The Morgan fingerprint density at radius 1 is 1.27 bits per heavy atom. The molecule has 1 aliphatic rings. The van der Waals surface area contributed by atoms with Crippen LogP contribution < -0.4 is 9.62 Å². The molecule has 7 nitrogen and oxygen atoms in total. The first-order chi connectivity index (χ1) is 12.4. The summed E-state index contributed by atoms with van der Waals surface area (Å²) in [6.45, 7) is 3.45. The third-order valence-corrected chi connectivity index (χ3v) is 7.45. The van der Waals surface area contributed by atoms with E-state index in [9.17, 15) is 13.2 Å². The molecule has 0 saturated heterocycles. The first-order valence-corrected chi connectivity index (χ1v) is 10.1. The Hall–Kier alpha value is -2.65. The summed E-state index contributed by atoms with van der Waals surface area (Å²) < 4.78 is 32.9. The highest BCUT2D eigenvalue weighted by Gasteiger charge is 2.33. The first-order valence-electron chi connectivity index (χ1n) is 7.81.